The minimum atomic E-state index is -1.98. The van der Waals surface area contributed by atoms with Crippen LogP contribution in [0, 0.1) is 0 Å². The fourth-order valence-electron chi connectivity index (χ4n) is 3.29. The maximum absolute atomic E-state index is 9.31. The number of hydrogen-bond donors (Lipinski definition) is 1. The Morgan fingerprint density at radius 3 is 1.34 bits per heavy atom. The van der Waals surface area contributed by atoms with Crippen LogP contribution in [-0.4, -0.2) is 55.0 Å². The molecule has 0 heterocycles. The molecule has 0 amide bonds. The molecule has 35 heavy (non-hydrogen) atoms. The van der Waals surface area contributed by atoms with E-state index in [4.69, 9.17) is 13.3 Å². The van der Waals surface area contributed by atoms with Crippen molar-refractivity contribution >= 4 is 25.0 Å². The van der Waals surface area contributed by atoms with E-state index in [0.29, 0.717) is 0 Å². The first-order valence-electron chi connectivity index (χ1n) is 13.7. The first-order valence-corrected chi connectivity index (χ1v) is 22.4. The Labute approximate surface area is 223 Å². The molecule has 0 rings (SSSR count). The van der Waals surface area contributed by atoms with Crippen molar-refractivity contribution in [2.24, 2.45) is 0 Å². The largest absolute Gasteiger partial charge is 0.414 e. The quantitative estimate of drug-likeness (QED) is 0.185. The molecule has 210 valence electrons. The Morgan fingerprint density at radius 2 is 0.971 bits per heavy atom. The monoisotopic (exact) mass is 546 g/mol. The van der Waals surface area contributed by atoms with Crippen molar-refractivity contribution in [3.8, 4) is 0 Å². The lowest BCUT2D eigenvalue weighted by atomic mass is 10.0. The SMILES string of the molecule is C[C@@H](C[C@@H](C[C@@H](C/C=C/CO)O[Si](C)(C)C(C)(C)C)O[Si](C)(C)C(C)(C)C)O[Si](C)(C)C(C)(C)C. The van der Waals surface area contributed by atoms with Crippen molar-refractivity contribution in [1.82, 2.24) is 0 Å². The minimum Gasteiger partial charge on any atom is -0.414 e. The fourth-order valence-corrected chi connectivity index (χ4v) is 7.50. The van der Waals surface area contributed by atoms with E-state index in [1.165, 1.54) is 0 Å². The average molecular weight is 547 g/mol. The molecular weight excluding hydrogens is 485 g/mol. The van der Waals surface area contributed by atoms with E-state index in [1.807, 2.05) is 6.08 Å². The summed E-state index contributed by atoms with van der Waals surface area (Å²) in [5, 5.41) is 9.77. The van der Waals surface area contributed by atoms with Crippen LogP contribution in [0.25, 0.3) is 0 Å². The molecule has 7 heteroatoms. The predicted octanol–water partition coefficient (Wildman–Crippen LogP) is 8.90. The minimum absolute atomic E-state index is 0.0635. The van der Waals surface area contributed by atoms with Crippen LogP contribution in [0.3, 0.4) is 0 Å². The number of aliphatic hydroxyl groups is 1. The van der Waals surface area contributed by atoms with E-state index in [0.717, 1.165) is 19.3 Å². The third-order valence-corrected chi connectivity index (χ3v) is 22.3. The van der Waals surface area contributed by atoms with E-state index >= 15 is 0 Å². The van der Waals surface area contributed by atoms with Gasteiger partial charge in [0.1, 0.15) is 0 Å². The van der Waals surface area contributed by atoms with Gasteiger partial charge in [0.05, 0.1) is 12.7 Å². The van der Waals surface area contributed by atoms with Gasteiger partial charge in [-0.1, -0.05) is 74.5 Å². The van der Waals surface area contributed by atoms with Crippen LogP contribution < -0.4 is 0 Å². The molecule has 0 aromatic rings. The lowest BCUT2D eigenvalue weighted by molar-refractivity contribution is 0.0585. The van der Waals surface area contributed by atoms with E-state index in [2.05, 4.69) is 115 Å². The predicted molar refractivity (Wildman–Crippen MR) is 162 cm³/mol. The lowest BCUT2D eigenvalue weighted by Crippen LogP contribution is -2.48. The normalized spacial score (nSPS) is 17.6. The topological polar surface area (TPSA) is 47.9 Å². The Morgan fingerprint density at radius 1 is 0.600 bits per heavy atom. The summed E-state index contributed by atoms with van der Waals surface area (Å²) in [5.41, 5.74) is 0. The summed E-state index contributed by atoms with van der Waals surface area (Å²) in [6, 6.07) is 0. The number of hydrogen-bond acceptors (Lipinski definition) is 4. The van der Waals surface area contributed by atoms with Crippen LogP contribution in [0.4, 0.5) is 0 Å². The van der Waals surface area contributed by atoms with Crippen molar-refractivity contribution in [3.05, 3.63) is 12.2 Å². The molecule has 4 nitrogen and oxygen atoms in total. The first kappa shape index (κ1) is 35.2. The molecule has 0 bridgehead atoms. The van der Waals surface area contributed by atoms with Gasteiger partial charge in [-0.2, -0.15) is 0 Å². The highest BCUT2D eigenvalue weighted by molar-refractivity contribution is 6.75. The molecule has 0 aliphatic heterocycles. The fraction of sp³-hybridized carbons (Fsp3) is 0.929. The van der Waals surface area contributed by atoms with Gasteiger partial charge in [0, 0.05) is 12.2 Å². The molecule has 0 spiro atoms. The van der Waals surface area contributed by atoms with Gasteiger partial charge in [-0.3, -0.25) is 0 Å². The molecule has 0 unspecified atom stereocenters. The molecule has 3 atom stereocenters. The van der Waals surface area contributed by atoms with Crippen LogP contribution in [0.2, 0.25) is 54.4 Å². The Bertz CT molecular complexity index is 653. The van der Waals surface area contributed by atoms with Gasteiger partial charge < -0.3 is 18.4 Å². The van der Waals surface area contributed by atoms with Crippen LogP contribution in [0.5, 0.6) is 0 Å². The van der Waals surface area contributed by atoms with Crippen LogP contribution in [0.15, 0.2) is 12.2 Å². The zero-order valence-electron chi connectivity index (χ0n) is 26.4. The first-order chi connectivity index (χ1) is 15.4. The van der Waals surface area contributed by atoms with Crippen molar-refractivity contribution in [1.29, 1.82) is 0 Å². The van der Waals surface area contributed by atoms with Gasteiger partial charge in [-0.15, -0.1) is 0 Å². The summed E-state index contributed by atoms with van der Waals surface area (Å²) in [6.45, 7) is 37.0. The number of aliphatic hydroxyl groups excluding tert-OH is 1. The van der Waals surface area contributed by atoms with Crippen molar-refractivity contribution in [3.63, 3.8) is 0 Å². The van der Waals surface area contributed by atoms with E-state index in [1.54, 1.807) is 0 Å². The molecule has 1 N–H and O–H groups in total. The summed E-state index contributed by atoms with van der Waals surface area (Å²) in [7, 11) is -5.80. The van der Waals surface area contributed by atoms with Crippen LogP contribution in [0.1, 0.15) is 88.5 Å². The van der Waals surface area contributed by atoms with Gasteiger partial charge in [0.15, 0.2) is 25.0 Å². The smallest absolute Gasteiger partial charge is 0.192 e. The van der Waals surface area contributed by atoms with Gasteiger partial charge >= 0.3 is 0 Å². The third-order valence-electron chi connectivity index (χ3n) is 8.63. The van der Waals surface area contributed by atoms with E-state index < -0.39 is 25.0 Å². The summed E-state index contributed by atoms with van der Waals surface area (Å²) in [4.78, 5) is 0. The maximum atomic E-state index is 9.31. The van der Waals surface area contributed by atoms with Crippen LogP contribution >= 0.6 is 0 Å². The zero-order valence-corrected chi connectivity index (χ0v) is 29.4. The summed E-state index contributed by atoms with van der Waals surface area (Å²) in [6.07, 6.45) is 6.68. The molecule has 0 aliphatic rings. The average Bonchev–Trinajstić information content (AvgIpc) is 2.57. The third kappa shape index (κ3) is 11.7. The standard InChI is InChI=1S/C28H62O4Si3/c1-23(30-33(11,12)26(2,3)4)21-25(32-35(15,16)28(8,9)10)22-24(19-17-18-20-29)31-34(13,14)27(5,6)7/h17-18,23-25,29H,19-22H2,1-16H3/b18-17+/t23-,24+,25-/m0/s1. The molecule has 0 aliphatic carbocycles. The van der Waals surface area contributed by atoms with E-state index in [-0.39, 0.29) is 40.0 Å². The molecule has 0 aromatic carbocycles. The molecule has 0 saturated heterocycles. The van der Waals surface area contributed by atoms with Gasteiger partial charge in [0.25, 0.3) is 0 Å². The van der Waals surface area contributed by atoms with Gasteiger partial charge in [0.2, 0.25) is 0 Å². The second-order valence-electron chi connectivity index (χ2n) is 15.1. The number of rotatable bonds is 13. The Kier molecular flexibility index (Phi) is 12.9. The van der Waals surface area contributed by atoms with Gasteiger partial charge in [-0.25, -0.2) is 0 Å². The highest BCUT2D eigenvalue weighted by atomic mass is 28.4. The Balaban J connectivity index is 5.99. The second-order valence-corrected chi connectivity index (χ2v) is 29.3. The molecule has 0 aromatic heterocycles. The highest BCUT2D eigenvalue weighted by Gasteiger charge is 2.43. The van der Waals surface area contributed by atoms with Crippen molar-refractivity contribution in [2.45, 2.75) is 161 Å². The van der Waals surface area contributed by atoms with Crippen LogP contribution in [-0.2, 0) is 13.3 Å². The summed E-state index contributed by atoms with van der Waals surface area (Å²) in [5.74, 6) is 0. The molecule has 0 radical (unpaired) electrons. The van der Waals surface area contributed by atoms with Gasteiger partial charge in [-0.05, 0) is 80.6 Å². The van der Waals surface area contributed by atoms with Crippen molar-refractivity contribution in [2.75, 3.05) is 6.61 Å². The molecule has 0 fully saturated rings. The Hall–Kier alpha value is 0.231. The zero-order chi connectivity index (χ0) is 28.1. The molecular formula is C28H62O4Si3. The van der Waals surface area contributed by atoms with Crippen molar-refractivity contribution < 1.29 is 18.4 Å². The second kappa shape index (κ2) is 12.9. The highest BCUT2D eigenvalue weighted by Crippen LogP contribution is 2.42. The maximum Gasteiger partial charge on any atom is 0.192 e. The van der Waals surface area contributed by atoms with E-state index in [9.17, 15) is 5.11 Å². The molecule has 0 saturated carbocycles. The lowest BCUT2D eigenvalue weighted by Gasteiger charge is -2.44. The summed E-state index contributed by atoms with van der Waals surface area (Å²) < 4.78 is 20.7. The summed E-state index contributed by atoms with van der Waals surface area (Å²) >= 11 is 0.